The summed E-state index contributed by atoms with van der Waals surface area (Å²) in [4.78, 5) is 11.0. The van der Waals surface area contributed by atoms with Crippen LogP contribution in [0.5, 0.6) is 17.2 Å². The number of hydrogen-bond acceptors (Lipinski definition) is 3. The second-order valence-electron chi connectivity index (χ2n) is 3.70. The van der Waals surface area contributed by atoms with Crippen LogP contribution in [0.25, 0.3) is 0 Å². The first-order chi connectivity index (χ1) is 9.11. The molecule has 4 nitrogen and oxygen atoms in total. The van der Waals surface area contributed by atoms with Crippen molar-refractivity contribution in [3.05, 3.63) is 53.8 Å². The van der Waals surface area contributed by atoms with Gasteiger partial charge in [0.15, 0.2) is 11.5 Å². The number of hydrogen-bond donors (Lipinski definition) is 1. The molecule has 0 aromatic heterocycles. The van der Waals surface area contributed by atoms with Crippen LogP contribution in [-0.4, -0.2) is 18.2 Å². The molecule has 0 aliphatic rings. The Morgan fingerprint density at radius 2 is 1.79 bits per heavy atom. The Morgan fingerprint density at radius 3 is 2.42 bits per heavy atom. The van der Waals surface area contributed by atoms with E-state index in [0.717, 1.165) is 18.2 Å². The Kier molecular flexibility index (Phi) is 3.66. The first-order valence-corrected chi connectivity index (χ1v) is 5.45. The van der Waals surface area contributed by atoms with Crippen LogP contribution in [-0.2, 0) is 0 Å². The largest absolute Gasteiger partial charge is 0.493 e. The molecular weight excluding hydrogens is 251 g/mol. The number of benzene rings is 2. The van der Waals surface area contributed by atoms with Crippen LogP contribution in [0.15, 0.2) is 42.5 Å². The average Bonchev–Trinajstić information content (AvgIpc) is 2.39. The molecule has 5 heteroatoms. The first-order valence-electron chi connectivity index (χ1n) is 5.45. The van der Waals surface area contributed by atoms with Crippen LogP contribution in [0, 0.1) is 5.82 Å². The molecule has 0 fully saturated rings. The third-order valence-electron chi connectivity index (χ3n) is 2.46. The fourth-order valence-corrected chi connectivity index (χ4v) is 1.58. The van der Waals surface area contributed by atoms with Gasteiger partial charge in [-0.3, -0.25) is 0 Å². The fourth-order valence-electron chi connectivity index (χ4n) is 1.58. The molecule has 2 rings (SSSR count). The van der Waals surface area contributed by atoms with Crippen molar-refractivity contribution in [2.24, 2.45) is 0 Å². The molecular formula is C14H11FO4. The van der Waals surface area contributed by atoms with Crippen LogP contribution >= 0.6 is 0 Å². The lowest BCUT2D eigenvalue weighted by atomic mass is 10.2. The van der Waals surface area contributed by atoms with Crippen LogP contribution in [0.3, 0.4) is 0 Å². The van der Waals surface area contributed by atoms with Gasteiger partial charge in [0.1, 0.15) is 17.1 Å². The van der Waals surface area contributed by atoms with Gasteiger partial charge in [0.05, 0.1) is 7.11 Å². The maximum absolute atomic E-state index is 13.2. The highest BCUT2D eigenvalue weighted by Crippen LogP contribution is 2.33. The number of ether oxygens (including phenoxy) is 2. The fraction of sp³-hybridized carbons (Fsp3) is 0.0714. The van der Waals surface area contributed by atoms with Gasteiger partial charge < -0.3 is 14.6 Å². The molecule has 0 spiro atoms. The molecule has 0 radical (unpaired) electrons. The van der Waals surface area contributed by atoms with E-state index >= 15 is 0 Å². The molecule has 0 aliphatic carbocycles. The Balaban J connectivity index is 2.42. The molecule has 98 valence electrons. The average molecular weight is 262 g/mol. The van der Waals surface area contributed by atoms with E-state index in [1.54, 1.807) is 24.3 Å². The number of carboxylic acid groups (broad SMARTS) is 1. The zero-order valence-corrected chi connectivity index (χ0v) is 10.1. The van der Waals surface area contributed by atoms with Crippen molar-refractivity contribution in [3.63, 3.8) is 0 Å². The molecule has 0 bridgehead atoms. The molecule has 0 unspecified atom stereocenters. The zero-order chi connectivity index (χ0) is 13.8. The van der Waals surface area contributed by atoms with Crippen molar-refractivity contribution in [1.82, 2.24) is 0 Å². The van der Waals surface area contributed by atoms with Crippen molar-refractivity contribution in [2.45, 2.75) is 0 Å². The zero-order valence-electron chi connectivity index (χ0n) is 10.1. The highest BCUT2D eigenvalue weighted by atomic mass is 19.1. The molecule has 0 saturated carbocycles. The summed E-state index contributed by atoms with van der Waals surface area (Å²) >= 11 is 0. The summed E-state index contributed by atoms with van der Waals surface area (Å²) in [6.07, 6.45) is 0. The van der Waals surface area contributed by atoms with Crippen molar-refractivity contribution in [1.29, 1.82) is 0 Å². The van der Waals surface area contributed by atoms with Crippen molar-refractivity contribution in [3.8, 4) is 17.2 Å². The smallest absolute Gasteiger partial charge is 0.339 e. The summed E-state index contributed by atoms with van der Waals surface area (Å²) in [7, 11) is 1.46. The van der Waals surface area contributed by atoms with Crippen molar-refractivity contribution >= 4 is 5.97 Å². The first kappa shape index (κ1) is 12.9. The predicted octanol–water partition coefficient (Wildman–Crippen LogP) is 3.32. The van der Waals surface area contributed by atoms with Gasteiger partial charge in [-0.15, -0.1) is 0 Å². The van der Waals surface area contributed by atoms with Gasteiger partial charge >= 0.3 is 5.97 Å². The summed E-state index contributed by atoms with van der Waals surface area (Å²) in [6, 6.07) is 9.97. The van der Waals surface area contributed by atoms with E-state index in [2.05, 4.69) is 0 Å². The maximum atomic E-state index is 13.2. The second-order valence-corrected chi connectivity index (χ2v) is 3.70. The van der Waals surface area contributed by atoms with Crippen LogP contribution < -0.4 is 9.47 Å². The van der Waals surface area contributed by atoms with E-state index < -0.39 is 11.8 Å². The molecule has 2 aromatic carbocycles. The second kappa shape index (κ2) is 5.39. The lowest BCUT2D eigenvalue weighted by molar-refractivity contribution is 0.0694. The van der Waals surface area contributed by atoms with Crippen molar-refractivity contribution in [2.75, 3.05) is 7.11 Å². The third-order valence-corrected chi connectivity index (χ3v) is 2.46. The molecule has 1 N–H and O–H groups in total. The summed E-state index contributed by atoms with van der Waals surface area (Å²) in [5, 5.41) is 9.03. The van der Waals surface area contributed by atoms with Gasteiger partial charge in [0.2, 0.25) is 0 Å². The summed E-state index contributed by atoms with van der Waals surface area (Å²) in [6.45, 7) is 0. The van der Waals surface area contributed by atoms with Crippen molar-refractivity contribution < 1.29 is 23.8 Å². The Labute approximate surface area is 109 Å². The van der Waals surface area contributed by atoms with Gasteiger partial charge in [-0.1, -0.05) is 12.1 Å². The lowest BCUT2D eigenvalue weighted by Crippen LogP contribution is -2.01. The minimum atomic E-state index is -1.19. The molecule has 0 atom stereocenters. The van der Waals surface area contributed by atoms with Gasteiger partial charge in [-0.05, 0) is 24.3 Å². The Morgan fingerprint density at radius 1 is 1.11 bits per heavy atom. The summed E-state index contributed by atoms with van der Waals surface area (Å²) < 4.78 is 23.7. The summed E-state index contributed by atoms with van der Waals surface area (Å²) in [5.74, 6) is -1.09. The van der Waals surface area contributed by atoms with E-state index in [9.17, 15) is 9.18 Å². The van der Waals surface area contributed by atoms with E-state index in [0.29, 0.717) is 11.5 Å². The molecule has 0 saturated heterocycles. The van der Waals surface area contributed by atoms with E-state index in [1.807, 2.05) is 0 Å². The topological polar surface area (TPSA) is 55.8 Å². The van der Waals surface area contributed by atoms with Gasteiger partial charge in [0.25, 0.3) is 0 Å². The standard InChI is InChI=1S/C14H11FO4/c1-18-11-4-2-3-5-12(11)19-13-8-9(15)6-7-10(13)14(16)17/h2-8H,1H3,(H,16,17). The predicted molar refractivity (Wildman–Crippen MR) is 66.4 cm³/mol. The van der Waals surface area contributed by atoms with Crippen LogP contribution in [0.4, 0.5) is 4.39 Å². The quantitative estimate of drug-likeness (QED) is 0.918. The van der Waals surface area contributed by atoms with Crippen LogP contribution in [0.1, 0.15) is 10.4 Å². The maximum Gasteiger partial charge on any atom is 0.339 e. The third kappa shape index (κ3) is 2.82. The van der Waals surface area contributed by atoms with E-state index in [1.165, 1.54) is 7.11 Å². The van der Waals surface area contributed by atoms with E-state index in [-0.39, 0.29) is 11.3 Å². The minimum Gasteiger partial charge on any atom is -0.493 e. The summed E-state index contributed by atoms with van der Waals surface area (Å²) in [5.41, 5.74) is -0.118. The number of carbonyl (C=O) groups is 1. The van der Waals surface area contributed by atoms with E-state index in [4.69, 9.17) is 14.6 Å². The molecule has 2 aromatic rings. The normalized spacial score (nSPS) is 10.0. The lowest BCUT2D eigenvalue weighted by Gasteiger charge is -2.11. The molecule has 0 heterocycles. The molecule has 0 aliphatic heterocycles. The molecule has 19 heavy (non-hydrogen) atoms. The SMILES string of the molecule is COc1ccccc1Oc1cc(F)ccc1C(=O)O. The van der Waals surface area contributed by atoms with Gasteiger partial charge in [-0.25, -0.2) is 9.18 Å². The Bertz CT molecular complexity index is 610. The van der Waals surface area contributed by atoms with Gasteiger partial charge in [-0.2, -0.15) is 0 Å². The minimum absolute atomic E-state index is 0.0722. The monoisotopic (exact) mass is 262 g/mol. The number of methoxy groups -OCH3 is 1. The highest BCUT2D eigenvalue weighted by Gasteiger charge is 2.14. The number of carboxylic acids is 1. The van der Waals surface area contributed by atoms with Crippen LogP contribution in [0.2, 0.25) is 0 Å². The number of rotatable bonds is 4. The molecule has 0 amide bonds. The highest BCUT2D eigenvalue weighted by molar-refractivity contribution is 5.91. The number of para-hydroxylation sites is 2. The Hall–Kier alpha value is -2.56. The number of halogens is 1. The van der Waals surface area contributed by atoms with Gasteiger partial charge in [0, 0.05) is 6.07 Å². The number of aromatic carboxylic acids is 1.